The Balaban J connectivity index is 2.16. The van der Waals surface area contributed by atoms with Crippen LogP contribution in [0.5, 0.6) is 0 Å². The van der Waals surface area contributed by atoms with Crippen molar-refractivity contribution in [3.05, 3.63) is 28.2 Å². The number of benzene rings is 1. The molecule has 1 aliphatic heterocycles. The molecule has 1 aromatic carbocycles. The Hall–Kier alpha value is -0.480. The van der Waals surface area contributed by atoms with E-state index in [9.17, 15) is 0 Å². The Labute approximate surface area is 98.7 Å². The first-order valence-corrected chi connectivity index (χ1v) is 5.51. The van der Waals surface area contributed by atoms with Crippen molar-refractivity contribution in [1.29, 1.82) is 0 Å². The van der Waals surface area contributed by atoms with Crippen LogP contribution in [0.25, 0.3) is 0 Å². The molecule has 0 spiro atoms. The molecule has 1 aromatic rings. The smallest absolute Gasteiger partial charge is 0.0978 e. The number of nitrogens with zero attached hydrogens (tertiary/aromatic N) is 1. The quantitative estimate of drug-likeness (QED) is 0.816. The summed E-state index contributed by atoms with van der Waals surface area (Å²) in [6.07, 6.45) is 1.03. The average Bonchev–Trinajstić information content (AvgIpc) is 2.64. The maximum atomic E-state index is 5.93. The molecular formula is C10H12Cl2N2O. The fraction of sp³-hybridized carbons (Fsp3) is 0.400. The molecule has 5 heteroatoms. The minimum Gasteiger partial charge on any atom is -0.369 e. The van der Waals surface area contributed by atoms with Gasteiger partial charge in [0.25, 0.3) is 0 Å². The predicted molar refractivity (Wildman–Crippen MR) is 62.4 cm³/mol. The van der Waals surface area contributed by atoms with Crippen LogP contribution in [0.4, 0.5) is 5.69 Å². The molecule has 3 nitrogen and oxygen atoms in total. The van der Waals surface area contributed by atoms with Crippen molar-refractivity contribution in [1.82, 2.24) is 0 Å². The molecule has 0 bridgehead atoms. The Morgan fingerprint density at radius 3 is 2.47 bits per heavy atom. The van der Waals surface area contributed by atoms with E-state index in [1.807, 2.05) is 12.1 Å². The molecule has 1 saturated heterocycles. The first kappa shape index (κ1) is 11.0. The molecule has 1 unspecified atom stereocenters. The molecular weight excluding hydrogens is 235 g/mol. The van der Waals surface area contributed by atoms with Gasteiger partial charge in [-0.05, 0) is 24.6 Å². The molecule has 1 atom stereocenters. The van der Waals surface area contributed by atoms with Gasteiger partial charge in [0.05, 0.1) is 6.10 Å². The lowest BCUT2D eigenvalue weighted by Crippen LogP contribution is -2.24. The van der Waals surface area contributed by atoms with Gasteiger partial charge in [-0.25, -0.2) is 5.90 Å². The molecule has 1 fully saturated rings. The van der Waals surface area contributed by atoms with E-state index < -0.39 is 0 Å². The third kappa shape index (κ3) is 2.55. The fourth-order valence-corrected chi connectivity index (χ4v) is 2.31. The minimum atomic E-state index is 0.0998. The van der Waals surface area contributed by atoms with E-state index in [0.29, 0.717) is 10.0 Å². The number of hydrogen-bond donors (Lipinski definition) is 1. The largest absolute Gasteiger partial charge is 0.369 e. The van der Waals surface area contributed by atoms with Crippen LogP contribution >= 0.6 is 23.2 Å². The molecule has 1 aliphatic rings. The number of nitrogens with two attached hydrogens (primary N) is 1. The maximum absolute atomic E-state index is 5.93. The number of anilines is 1. The van der Waals surface area contributed by atoms with Crippen LogP contribution < -0.4 is 10.8 Å². The first-order valence-electron chi connectivity index (χ1n) is 4.75. The summed E-state index contributed by atoms with van der Waals surface area (Å²) in [4.78, 5) is 6.98. The van der Waals surface area contributed by atoms with Gasteiger partial charge in [0.1, 0.15) is 0 Å². The average molecular weight is 247 g/mol. The van der Waals surface area contributed by atoms with Gasteiger partial charge in [-0.1, -0.05) is 23.2 Å². The lowest BCUT2D eigenvalue weighted by Gasteiger charge is -2.18. The van der Waals surface area contributed by atoms with Crippen LogP contribution in [0.15, 0.2) is 18.2 Å². The van der Waals surface area contributed by atoms with Gasteiger partial charge in [-0.3, -0.25) is 4.84 Å². The molecule has 0 amide bonds. The van der Waals surface area contributed by atoms with Gasteiger partial charge < -0.3 is 4.90 Å². The molecule has 0 aromatic heterocycles. The number of hydrogen-bond acceptors (Lipinski definition) is 3. The van der Waals surface area contributed by atoms with Crippen LogP contribution in [0.3, 0.4) is 0 Å². The van der Waals surface area contributed by atoms with Crippen LogP contribution in [0, 0.1) is 0 Å². The standard InChI is InChI=1S/C10H12Cl2N2O/c11-7-3-8(12)5-9(4-7)14-2-1-10(6-14)15-13/h3-5,10H,1-2,6,13H2. The lowest BCUT2D eigenvalue weighted by atomic mass is 10.3. The van der Waals surface area contributed by atoms with E-state index in [1.165, 1.54) is 0 Å². The summed E-state index contributed by atoms with van der Waals surface area (Å²) in [6.45, 7) is 1.70. The van der Waals surface area contributed by atoms with Crippen LogP contribution in [-0.2, 0) is 4.84 Å². The van der Waals surface area contributed by atoms with Crippen LogP contribution in [0.2, 0.25) is 10.0 Å². The summed E-state index contributed by atoms with van der Waals surface area (Å²) in [5.74, 6) is 5.16. The minimum absolute atomic E-state index is 0.0998. The van der Waals surface area contributed by atoms with Crippen LogP contribution in [0.1, 0.15) is 6.42 Å². The highest BCUT2D eigenvalue weighted by molar-refractivity contribution is 6.35. The SMILES string of the molecule is NOC1CCN(c2cc(Cl)cc(Cl)c2)C1. The van der Waals surface area contributed by atoms with E-state index in [2.05, 4.69) is 4.90 Å². The van der Waals surface area contributed by atoms with Gasteiger partial charge in [-0.2, -0.15) is 0 Å². The maximum Gasteiger partial charge on any atom is 0.0978 e. The Morgan fingerprint density at radius 2 is 1.93 bits per heavy atom. The fourth-order valence-electron chi connectivity index (χ4n) is 1.80. The van der Waals surface area contributed by atoms with Crippen molar-refractivity contribution >= 4 is 28.9 Å². The monoisotopic (exact) mass is 246 g/mol. The zero-order valence-electron chi connectivity index (χ0n) is 8.12. The summed E-state index contributed by atoms with van der Waals surface area (Å²) in [7, 11) is 0. The molecule has 2 rings (SSSR count). The van der Waals surface area contributed by atoms with Crippen LogP contribution in [-0.4, -0.2) is 19.2 Å². The molecule has 2 N–H and O–H groups in total. The number of rotatable bonds is 2. The van der Waals surface area contributed by atoms with Crippen molar-refractivity contribution in [3.63, 3.8) is 0 Å². The van der Waals surface area contributed by atoms with Crippen molar-refractivity contribution in [2.24, 2.45) is 5.90 Å². The Kier molecular flexibility index (Phi) is 3.36. The molecule has 15 heavy (non-hydrogen) atoms. The summed E-state index contributed by atoms with van der Waals surface area (Å²) >= 11 is 11.9. The van der Waals surface area contributed by atoms with Gasteiger partial charge in [-0.15, -0.1) is 0 Å². The normalized spacial score (nSPS) is 21.0. The first-order chi connectivity index (χ1) is 7.19. The molecule has 82 valence electrons. The Morgan fingerprint density at radius 1 is 1.27 bits per heavy atom. The Bertz CT molecular complexity index is 339. The number of halogens is 2. The van der Waals surface area contributed by atoms with E-state index in [4.69, 9.17) is 33.9 Å². The van der Waals surface area contributed by atoms with Gasteiger partial charge in [0.2, 0.25) is 0 Å². The topological polar surface area (TPSA) is 38.5 Å². The summed E-state index contributed by atoms with van der Waals surface area (Å²) in [5.41, 5.74) is 1.02. The van der Waals surface area contributed by atoms with E-state index in [-0.39, 0.29) is 6.10 Å². The summed E-state index contributed by atoms with van der Waals surface area (Å²) < 4.78 is 0. The summed E-state index contributed by atoms with van der Waals surface area (Å²) in [5, 5.41) is 1.30. The van der Waals surface area contributed by atoms with Crippen molar-refractivity contribution in [3.8, 4) is 0 Å². The molecule has 0 aliphatic carbocycles. The highest BCUT2D eigenvalue weighted by Crippen LogP contribution is 2.28. The molecule has 0 radical (unpaired) electrons. The molecule has 1 heterocycles. The highest BCUT2D eigenvalue weighted by Gasteiger charge is 2.23. The van der Waals surface area contributed by atoms with E-state index in [0.717, 1.165) is 25.2 Å². The van der Waals surface area contributed by atoms with Gasteiger partial charge >= 0.3 is 0 Å². The van der Waals surface area contributed by atoms with Gasteiger partial charge in [0.15, 0.2) is 0 Å². The third-order valence-electron chi connectivity index (χ3n) is 2.55. The van der Waals surface area contributed by atoms with E-state index >= 15 is 0 Å². The predicted octanol–water partition coefficient (Wildman–Crippen LogP) is 2.46. The second-order valence-corrected chi connectivity index (χ2v) is 4.49. The van der Waals surface area contributed by atoms with Crippen molar-refractivity contribution in [2.75, 3.05) is 18.0 Å². The third-order valence-corrected chi connectivity index (χ3v) is 2.99. The van der Waals surface area contributed by atoms with Crippen molar-refractivity contribution in [2.45, 2.75) is 12.5 Å². The van der Waals surface area contributed by atoms with Crippen molar-refractivity contribution < 1.29 is 4.84 Å². The highest BCUT2D eigenvalue weighted by atomic mass is 35.5. The second kappa shape index (κ2) is 4.58. The summed E-state index contributed by atoms with van der Waals surface area (Å²) in [6, 6.07) is 5.51. The molecule has 0 saturated carbocycles. The zero-order valence-corrected chi connectivity index (χ0v) is 9.63. The zero-order chi connectivity index (χ0) is 10.8. The van der Waals surface area contributed by atoms with E-state index in [1.54, 1.807) is 6.07 Å². The van der Waals surface area contributed by atoms with Gasteiger partial charge in [0, 0.05) is 28.8 Å². The lowest BCUT2D eigenvalue weighted by molar-refractivity contribution is 0.0690. The second-order valence-electron chi connectivity index (χ2n) is 3.62.